The van der Waals surface area contributed by atoms with Gasteiger partial charge in [-0.15, -0.1) is 0 Å². The summed E-state index contributed by atoms with van der Waals surface area (Å²) in [6.45, 7) is 0. The largest absolute Gasteiger partial charge is 0.504 e. The van der Waals surface area contributed by atoms with Crippen LogP contribution in [0.25, 0.3) is 0 Å². The van der Waals surface area contributed by atoms with Gasteiger partial charge in [0, 0.05) is 6.07 Å². The number of rotatable bonds is 2. The van der Waals surface area contributed by atoms with Gasteiger partial charge in [0.15, 0.2) is 5.75 Å². The molecule has 1 aromatic rings. The van der Waals surface area contributed by atoms with Crippen molar-refractivity contribution in [2.24, 2.45) is 0 Å². The monoisotopic (exact) mass is 213 g/mol. The molecule has 0 amide bonds. The first-order valence-corrected chi connectivity index (χ1v) is 3.76. The van der Waals surface area contributed by atoms with E-state index < -0.39 is 28.1 Å². The van der Waals surface area contributed by atoms with Gasteiger partial charge < -0.3 is 14.9 Å². The zero-order valence-electron chi connectivity index (χ0n) is 7.63. The van der Waals surface area contributed by atoms with E-state index in [1.807, 2.05) is 0 Å². The van der Waals surface area contributed by atoms with Crippen molar-refractivity contribution in [3.63, 3.8) is 0 Å². The van der Waals surface area contributed by atoms with E-state index in [9.17, 15) is 14.9 Å². The lowest BCUT2D eigenvalue weighted by molar-refractivity contribution is -0.386. The van der Waals surface area contributed by atoms with E-state index >= 15 is 0 Å². The van der Waals surface area contributed by atoms with Crippen molar-refractivity contribution in [3.05, 3.63) is 27.8 Å². The van der Waals surface area contributed by atoms with Crippen molar-refractivity contribution in [2.45, 2.75) is 0 Å². The number of ether oxygens (including phenoxy) is 1. The van der Waals surface area contributed by atoms with Gasteiger partial charge in [0.1, 0.15) is 0 Å². The van der Waals surface area contributed by atoms with Crippen molar-refractivity contribution in [1.82, 2.24) is 0 Å². The Hall–Kier alpha value is -2.31. The second kappa shape index (κ2) is 3.82. The molecule has 7 nitrogen and oxygen atoms in total. The molecule has 0 aliphatic carbocycles. The van der Waals surface area contributed by atoms with E-state index in [2.05, 4.69) is 4.74 Å². The highest BCUT2D eigenvalue weighted by Crippen LogP contribution is 2.36. The zero-order chi connectivity index (χ0) is 11.6. The molecule has 0 radical (unpaired) electrons. The summed E-state index contributed by atoms with van der Waals surface area (Å²) in [4.78, 5) is 20.5. The Balaban J connectivity index is 3.35. The van der Waals surface area contributed by atoms with E-state index in [4.69, 9.17) is 10.2 Å². The number of carbonyl (C=O) groups excluding carboxylic acids is 1. The topological polar surface area (TPSA) is 110 Å². The standard InChI is InChI=1S/C8H7NO6/c1-15-8(12)4-2-5(9(13)14)7(11)6(10)3-4/h2-3,10-11H,1H3. The Morgan fingerprint density at radius 3 is 2.53 bits per heavy atom. The maximum atomic E-state index is 11.0. The summed E-state index contributed by atoms with van der Waals surface area (Å²) in [5.74, 6) is -2.47. The first-order valence-electron chi connectivity index (χ1n) is 3.76. The quantitative estimate of drug-likeness (QED) is 0.325. The minimum Gasteiger partial charge on any atom is -0.504 e. The second-order valence-electron chi connectivity index (χ2n) is 2.61. The highest BCUT2D eigenvalue weighted by atomic mass is 16.6. The normalized spacial score (nSPS) is 9.67. The number of hydrogen-bond donors (Lipinski definition) is 2. The summed E-state index contributed by atoms with van der Waals surface area (Å²) < 4.78 is 4.31. The maximum Gasteiger partial charge on any atom is 0.338 e. The van der Waals surface area contributed by atoms with Crippen molar-refractivity contribution in [1.29, 1.82) is 0 Å². The van der Waals surface area contributed by atoms with Crippen LogP contribution in [0.3, 0.4) is 0 Å². The van der Waals surface area contributed by atoms with Gasteiger partial charge >= 0.3 is 11.7 Å². The zero-order valence-corrected chi connectivity index (χ0v) is 7.63. The lowest BCUT2D eigenvalue weighted by Crippen LogP contribution is -2.02. The van der Waals surface area contributed by atoms with Crippen LogP contribution in [-0.4, -0.2) is 28.2 Å². The Labute approximate surface area is 83.7 Å². The molecule has 0 saturated heterocycles. The summed E-state index contributed by atoms with van der Waals surface area (Å²) in [6.07, 6.45) is 0. The molecule has 0 fully saturated rings. The summed E-state index contributed by atoms with van der Waals surface area (Å²) in [7, 11) is 1.10. The van der Waals surface area contributed by atoms with E-state index in [1.165, 1.54) is 0 Å². The van der Waals surface area contributed by atoms with Crippen LogP contribution in [0.5, 0.6) is 11.5 Å². The molecule has 0 bridgehead atoms. The van der Waals surface area contributed by atoms with Gasteiger partial charge in [-0.1, -0.05) is 0 Å². The van der Waals surface area contributed by atoms with Crippen LogP contribution in [-0.2, 0) is 4.74 Å². The Kier molecular flexibility index (Phi) is 2.75. The molecular weight excluding hydrogens is 206 g/mol. The summed E-state index contributed by atoms with van der Waals surface area (Å²) in [5, 5.41) is 28.6. The number of nitrogens with zero attached hydrogens (tertiary/aromatic N) is 1. The molecule has 80 valence electrons. The Morgan fingerprint density at radius 1 is 1.47 bits per heavy atom. The van der Waals surface area contributed by atoms with E-state index in [0.29, 0.717) is 0 Å². The van der Waals surface area contributed by atoms with Gasteiger partial charge in [-0.25, -0.2) is 4.79 Å². The Bertz CT molecular complexity index is 427. The number of phenols is 2. The number of esters is 1. The average Bonchev–Trinajstić information content (AvgIpc) is 2.20. The minimum absolute atomic E-state index is 0.209. The van der Waals surface area contributed by atoms with E-state index in [1.54, 1.807) is 0 Å². The molecular formula is C8H7NO6. The number of nitro benzene ring substituents is 1. The molecule has 0 heterocycles. The molecule has 0 unspecified atom stereocenters. The fraction of sp³-hybridized carbons (Fsp3) is 0.125. The summed E-state index contributed by atoms with van der Waals surface area (Å²) in [6, 6.07) is 1.70. The third-order valence-electron chi connectivity index (χ3n) is 1.69. The van der Waals surface area contributed by atoms with Crippen molar-refractivity contribution in [2.75, 3.05) is 7.11 Å². The van der Waals surface area contributed by atoms with Gasteiger partial charge in [-0.05, 0) is 6.07 Å². The molecule has 15 heavy (non-hydrogen) atoms. The number of nitro groups is 1. The highest BCUT2D eigenvalue weighted by molar-refractivity contribution is 5.91. The third-order valence-corrected chi connectivity index (χ3v) is 1.69. The molecule has 7 heteroatoms. The number of phenolic OH excluding ortho intramolecular Hbond substituents is 2. The van der Waals surface area contributed by atoms with Crippen LogP contribution in [0.2, 0.25) is 0 Å². The molecule has 0 saturated carbocycles. The van der Waals surface area contributed by atoms with Gasteiger partial charge in [0.2, 0.25) is 5.75 Å². The molecule has 0 atom stereocenters. The minimum atomic E-state index is -0.915. The molecule has 1 rings (SSSR count). The van der Waals surface area contributed by atoms with Crippen molar-refractivity contribution < 1.29 is 24.7 Å². The fourth-order valence-electron chi connectivity index (χ4n) is 0.979. The molecule has 0 aromatic heterocycles. The molecule has 2 N–H and O–H groups in total. The number of hydrogen-bond acceptors (Lipinski definition) is 6. The number of carbonyl (C=O) groups is 1. The Morgan fingerprint density at radius 2 is 2.07 bits per heavy atom. The highest BCUT2D eigenvalue weighted by Gasteiger charge is 2.21. The average molecular weight is 213 g/mol. The molecule has 0 spiro atoms. The van der Waals surface area contributed by atoms with Crippen LogP contribution >= 0.6 is 0 Å². The van der Waals surface area contributed by atoms with Crippen LogP contribution in [0.4, 0.5) is 5.69 Å². The fourth-order valence-corrected chi connectivity index (χ4v) is 0.979. The first-order chi connectivity index (χ1) is 6.97. The van der Waals surface area contributed by atoms with Crippen LogP contribution < -0.4 is 0 Å². The van der Waals surface area contributed by atoms with Crippen molar-refractivity contribution in [3.8, 4) is 11.5 Å². The van der Waals surface area contributed by atoms with Crippen LogP contribution in [0, 0.1) is 10.1 Å². The molecule has 1 aromatic carbocycles. The van der Waals surface area contributed by atoms with Gasteiger partial charge in [0.25, 0.3) is 0 Å². The summed E-state index contributed by atoms with van der Waals surface area (Å²) >= 11 is 0. The van der Waals surface area contributed by atoms with Crippen molar-refractivity contribution >= 4 is 11.7 Å². The SMILES string of the molecule is COC(=O)c1cc(O)c(O)c([N+](=O)[O-])c1. The summed E-state index contributed by atoms with van der Waals surface area (Å²) in [5.41, 5.74) is -0.963. The predicted octanol–water partition coefficient (Wildman–Crippen LogP) is 0.793. The smallest absolute Gasteiger partial charge is 0.338 e. The van der Waals surface area contributed by atoms with Gasteiger partial charge in [-0.3, -0.25) is 10.1 Å². The van der Waals surface area contributed by atoms with E-state index in [0.717, 1.165) is 19.2 Å². The molecule has 0 aliphatic rings. The van der Waals surface area contributed by atoms with Crippen LogP contribution in [0.15, 0.2) is 12.1 Å². The molecule has 0 aliphatic heterocycles. The lowest BCUT2D eigenvalue weighted by atomic mass is 10.1. The third kappa shape index (κ3) is 1.96. The first kappa shape index (κ1) is 10.8. The number of aromatic hydroxyl groups is 2. The number of methoxy groups -OCH3 is 1. The van der Waals surface area contributed by atoms with Gasteiger partial charge in [-0.2, -0.15) is 0 Å². The number of benzene rings is 1. The second-order valence-corrected chi connectivity index (χ2v) is 2.61. The maximum absolute atomic E-state index is 11.0. The predicted molar refractivity (Wildman–Crippen MR) is 47.8 cm³/mol. The van der Waals surface area contributed by atoms with Gasteiger partial charge in [0.05, 0.1) is 17.6 Å². The van der Waals surface area contributed by atoms with Crippen LogP contribution in [0.1, 0.15) is 10.4 Å². The van der Waals surface area contributed by atoms with E-state index in [-0.39, 0.29) is 5.56 Å². The lowest BCUT2D eigenvalue weighted by Gasteiger charge is -2.02.